The molecule has 0 atom stereocenters. The Balaban J connectivity index is 1.54. The molecule has 1 N–H and O–H groups in total. The Bertz CT molecular complexity index is 1660. The van der Waals surface area contributed by atoms with E-state index in [1.54, 1.807) is 19.3 Å². The molecule has 2 amide bonds. The summed E-state index contributed by atoms with van der Waals surface area (Å²) in [7, 11) is 1.59. The molecule has 0 spiro atoms. The third kappa shape index (κ3) is 5.27. The minimum atomic E-state index is -0.465. The predicted molar refractivity (Wildman–Crippen MR) is 155 cm³/mol. The molecule has 2 aromatic carbocycles. The number of halogens is 1. The molecule has 3 aliphatic rings. The molecule has 6 rings (SSSR count). The van der Waals surface area contributed by atoms with E-state index >= 15 is 0 Å². The number of rotatable bonds is 3. The predicted octanol–water partition coefficient (Wildman–Crippen LogP) is 4.10. The summed E-state index contributed by atoms with van der Waals surface area (Å²) in [4.78, 5) is 42.6. The maximum atomic E-state index is 14.3. The molecule has 4 heterocycles. The van der Waals surface area contributed by atoms with Crippen LogP contribution in [0, 0.1) is 5.82 Å². The van der Waals surface area contributed by atoms with Gasteiger partial charge in [0.1, 0.15) is 24.8 Å². The summed E-state index contributed by atoms with van der Waals surface area (Å²) in [6.45, 7) is 0.721. The third-order valence-electron chi connectivity index (χ3n) is 7.59. The Hall–Kier alpha value is -4.86. The first-order valence-corrected chi connectivity index (χ1v) is 14.0. The molecule has 3 aromatic rings. The highest BCUT2D eigenvalue weighted by Crippen LogP contribution is 2.30. The fourth-order valence-electron chi connectivity index (χ4n) is 5.41. The van der Waals surface area contributed by atoms with Gasteiger partial charge in [0.25, 0.3) is 5.91 Å². The van der Waals surface area contributed by atoms with Crippen LogP contribution in [0.2, 0.25) is 0 Å². The number of nitrogens with one attached hydrogen (secondary N) is 1. The van der Waals surface area contributed by atoms with Crippen LogP contribution in [0.15, 0.2) is 77.2 Å². The minimum Gasteiger partial charge on any atom is -0.493 e. The average molecular weight is 571 g/mol. The molecular weight excluding hydrogens is 539 g/mol. The number of hydrogen-bond acceptors (Lipinski definition) is 6. The number of nitrogens with zero attached hydrogens (tertiary/aromatic N) is 3. The summed E-state index contributed by atoms with van der Waals surface area (Å²) in [5, 5.41) is 4.90. The van der Waals surface area contributed by atoms with Gasteiger partial charge in [0.15, 0.2) is 11.4 Å². The quantitative estimate of drug-likeness (QED) is 0.510. The SMILES string of the molecule is CN1CN2C(=O)CCCC3=C(NCc4ccc(F)cc4OCCC=C3)c3cn2c(c(OCc2ccccc2)c3=O)C1=O. The van der Waals surface area contributed by atoms with Crippen LogP contribution >= 0.6 is 0 Å². The normalized spacial score (nSPS) is 17.0. The second-order valence-corrected chi connectivity index (χ2v) is 10.5. The molecule has 0 saturated carbocycles. The zero-order chi connectivity index (χ0) is 29.2. The number of carbonyl (C=O) groups is 2. The number of fused-ring (bicyclic) bond motifs is 3. The Kier molecular flexibility index (Phi) is 7.52. The van der Waals surface area contributed by atoms with E-state index in [4.69, 9.17) is 9.47 Å². The van der Waals surface area contributed by atoms with E-state index in [-0.39, 0.29) is 49.2 Å². The first-order valence-electron chi connectivity index (χ1n) is 14.0. The van der Waals surface area contributed by atoms with Gasteiger partial charge in [0.05, 0.1) is 17.9 Å². The molecule has 0 saturated heterocycles. The van der Waals surface area contributed by atoms with Gasteiger partial charge >= 0.3 is 0 Å². The zero-order valence-corrected chi connectivity index (χ0v) is 23.3. The fraction of sp³-hybridized carbons (Fsp3) is 0.281. The standard InChI is InChI=1S/C32H31FN4O5/c1-35-20-37-27(38)12-7-11-22-10-5-6-15-41-26-16-24(33)14-13-23(26)17-34-28(22)25-18-36(37)29(32(35)40)31(30(25)39)42-19-21-8-3-2-4-9-21/h2-5,8-10,13-14,16,18,34H,6-7,11-12,15,17,19-20H2,1H3. The van der Waals surface area contributed by atoms with Crippen molar-refractivity contribution >= 4 is 17.5 Å². The van der Waals surface area contributed by atoms with E-state index in [0.717, 1.165) is 16.7 Å². The van der Waals surface area contributed by atoms with Gasteiger partial charge in [-0.3, -0.25) is 14.4 Å². The molecular formula is C32H31FN4O5. The number of ether oxygens (including phenoxy) is 2. The number of pyridine rings is 1. The number of aromatic nitrogens is 1. The largest absolute Gasteiger partial charge is 0.493 e. The lowest BCUT2D eigenvalue weighted by Gasteiger charge is -2.38. The maximum absolute atomic E-state index is 14.3. The fourth-order valence-corrected chi connectivity index (χ4v) is 5.41. The van der Waals surface area contributed by atoms with Crippen LogP contribution in [0.1, 0.15) is 52.9 Å². The van der Waals surface area contributed by atoms with Crippen LogP contribution in [-0.2, 0) is 17.9 Å². The van der Waals surface area contributed by atoms with Crippen molar-refractivity contribution in [1.82, 2.24) is 14.9 Å². The Morgan fingerprint density at radius 3 is 2.74 bits per heavy atom. The lowest BCUT2D eigenvalue weighted by molar-refractivity contribution is -0.120. The van der Waals surface area contributed by atoms with Crippen LogP contribution in [0.4, 0.5) is 4.39 Å². The van der Waals surface area contributed by atoms with E-state index < -0.39 is 17.2 Å². The highest BCUT2D eigenvalue weighted by molar-refractivity contribution is 5.99. The molecule has 42 heavy (non-hydrogen) atoms. The highest BCUT2D eigenvalue weighted by Gasteiger charge is 2.36. The van der Waals surface area contributed by atoms with Crippen molar-refractivity contribution in [3.8, 4) is 11.5 Å². The van der Waals surface area contributed by atoms with Gasteiger partial charge in [-0.1, -0.05) is 48.6 Å². The first kappa shape index (κ1) is 27.3. The van der Waals surface area contributed by atoms with E-state index in [1.165, 1.54) is 26.7 Å². The molecule has 216 valence electrons. The highest BCUT2D eigenvalue weighted by atomic mass is 19.1. The van der Waals surface area contributed by atoms with Crippen molar-refractivity contribution < 1.29 is 23.5 Å². The van der Waals surface area contributed by atoms with Crippen molar-refractivity contribution in [2.75, 3.05) is 25.3 Å². The molecule has 0 fully saturated rings. The van der Waals surface area contributed by atoms with Gasteiger partial charge in [-0.25, -0.2) is 14.1 Å². The summed E-state index contributed by atoms with van der Waals surface area (Å²) in [6.07, 6.45) is 7.34. The second kappa shape index (κ2) is 11.6. The van der Waals surface area contributed by atoms with Gasteiger partial charge in [-0.05, 0) is 36.5 Å². The van der Waals surface area contributed by atoms with Crippen molar-refractivity contribution in [3.63, 3.8) is 0 Å². The molecule has 0 aliphatic carbocycles. The van der Waals surface area contributed by atoms with E-state index in [2.05, 4.69) is 5.32 Å². The van der Waals surface area contributed by atoms with Crippen LogP contribution in [-0.4, -0.2) is 41.7 Å². The number of amides is 2. The van der Waals surface area contributed by atoms with Gasteiger partial charge in [0.2, 0.25) is 11.3 Å². The van der Waals surface area contributed by atoms with Gasteiger partial charge in [-0.15, -0.1) is 0 Å². The summed E-state index contributed by atoms with van der Waals surface area (Å²) in [5.41, 5.74) is 2.77. The Labute approximate surface area is 242 Å². The van der Waals surface area contributed by atoms with Crippen LogP contribution in [0.5, 0.6) is 11.5 Å². The first-order chi connectivity index (χ1) is 20.4. The van der Waals surface area contributed by atoms with Crippen molar-refractivity contribution in [2.24, 2.45) is 0 Å². The average Bonchev–Trinajstić information content (AvgIpc) is 3.02. The number of hydrogen-bond donors (Lipinski definition) is 1. The molecule has 2 bridgehead atoms. The van der Waals surface area contributed by atoms with E-state index in [0.29, 0.717) is 37.3 Å². The number of benzene rings is 2. The number of allylic oxidation sites excluding steroid dienone is 2. The molecule has 1 aromatic heterocycles. The summed E-state index contributed by atoms with van der Waals surface area (Å²) in [5.74, 6) is -0.671. The lowest BCUT2D eigenvalue weighted by atomic mass is 9.99. The molecule has 3 aliphatic heterocycles. The zero-order valence-electron chi connectivity index (χ0n) is 23.3. The smallest absolute Gasteiger partial charge is 0.277 e. The number of carbonyl (C=O) groups excluding carboxylic acids is 2. The molecule has 10 heteroatoms. The van der Waals surface area contributed by atoms with E-state index in [9.17, 15) is 18.8 Å². The van der Waals surface area contributed by atoms with Gasteiger partial charge in [-0.2, -0.15) is 0 Å². The van der Waals surface area contributed by atoms with Crippen LogP contribution < -0.4 is 25.2 Å². The Morgan fingerprint density at radius 1 is 1.07 bits per heavy atom. The van der Waals surface area contributed by atoms with Crippen molar-refractivity contribution in [1.29, 1.82) is 0 Å². The van der Waals surface area contributed by atoms with Gasteiger partial charge in [0, 0.05) is 37.8 Å². The molecule has 9 nitrogen and oxygen atoms in total. The van der Waals surface area contributed by atoms with Crippen molar-refractivity contribution in [2.45, 2.75) is 38.8 Å². The van der Waals surface area contributed by atoms with Crippen LogP contribution in [0.25, 0.3) is 5.70 Å². The van der Waals surface area contributed by atoms with E-state index in [1.807, 2.05) is 42.5 Å². The second-order valence-electron chi connectivity index (χ2n) is 10.5. The molecule has 0 unspecified atom stereocenters. The Morgan fingerprint density at radius 2 is 1.90 bits per heavy atom. The maximum Gasteiger partial charge on any atom is 0.277 e. The lowest BCUT2D eigenvalue weighted by Crippen LogP contribution is -2.55. The van der Waals surface area contributed by atoms with Crippen molar-refractivity contribution in [3.05, 3.63) is 111 Å². The van der Waals surface area contributed by atoms with Gasteiger partial charge < -0.3 is 19.7 Å². The monoisotopic (exact) mass is 570 g/mol. The third-order valence-corrected chi connectivity index (χ3v) is 7.59. The van der Waals surface area contributed by atoms with Crippen LogP contribution in [0.3, 0.4) is 0 Å². The summed E-state index contributed by atoms with van der Waals surface area (Å²) < 4.78 is 27.5. The topological polar surface area (TPSA) is 93.1 Å². The summed E-state index contributed by atoms with van der Waals surface area (Å²) >= 11 is 0. The molecule has 0 radical (unpaired) electrons. The minimum absolute atomic E-state index is 0.00549. The summed E-state index contributed by atoms with van der Waals surface area (Å²) in [6, 6.07) is 13.7.